The summed E-state index contributed by atoms with van der Waals surface area (Å²) in [6.45, 7) is 0. The third-order valence-electron chi connectivity index (χ3n) is 5.77. The van der Waals surface area contributed by atoms with Gasteiger partial charge in [-0.1, -0.05) is 81.1 Å². The number of rotatable bonds is 6. The predicted octanol–water partition coefficient (Wildman–Crippen LogP) is 8.54. The van der Waals surface area contributed by atoms with Crippen molar-refractivity contribution in [1.29, 1.82) is 0 Å². The maximum atomic E-state index is 13.3. The molecule has 0 aliphatic rings. The molecule has 2 N–H and O–H groups in total. The Morgan fingerprint density at radius 3 is 2.38 bits per heavy atom. The Bertz CT molecular complexity index is 1750. The van der Waals surface area contributed by atoms with Crippen molar-refractivity contribution < 1.29 is 14.3 Å². The molecule has 0 aliphatic heterocycles. The topological polar surface area (TPSA) is 83.5 Å². The van der Waals surface area contributed by atoms with Crippen LogP contribution in [0.25, 0.3) is 22.0 Å². The monoisotopic (exact) mass is 639 g/mol. The van der Waals surface area contributed by atoms with Crippen molar-refractivity contribution in [3.63, 3.8) is 0 Å². The van der Waals surface area contributed by atoms with Crippen molar-refractivity contribution in [2.24, 2.45) is 5.10 Å². The minimum absolute atomic E-state index is 0.203. The number of H-pyrrole nitrogens is 1. The van der Waals surface area contributed by atoms with Crippen LogP contribution in [0.4, 0.5) is 0 Å². The van der Waals surface area contributed by atoms with Crippen LogP contribution in [0.3, 0.4) is 0 Å². The third-order valence-corrected chi connectivity index (χ3v) is 7.14. The summed E-state index contributed by atoms with van der Waals surface area (Å²) in [6, 6.07) is 24.1. The van der Waals surface area contributed by atoms with Gasteiger partial charge in [0.1, 0.15) is 11.4 Å². The number of nitrogens with zero attached hydrogens (tertiary/aromatic N) is 1. The molecule has 1 aromatic heterocycles. The molecule has 0 saturated heterocycles. The van der Waals surface area contributed by atoms with E-state index in [9.17, 15) is 9.59 Å². The highest BCUT2D eigenvalue weighted by molar-refractivity contribution is 9.10. The maximum absolute atomic E-state index is 13.3. The van der Waals surface area contributed by atoms with Crippen LogP contribution in [0.1, 0.15) is 26.4 Å². The quantitative estimate of drug-likeness (QED) is 0.0844. The summed E-state index contributed by atoms with van der Waals surface area (Å²) in [5, 5.41) is 5.97. The van der Waals surface area contributed by atoms with E-state index in [-0.39, 0.29) is 11.4 Å². The fourth-order valence-corrected chi connectivity index (χ4v) is 5.01. The van der Waals surface area contributed by atoms with Crippen LogP contribution in [0, 0.1) is 0 Å². The molecule has 39 heavy (non-hydrogen) atoms. The largest absolute Gasteiger partial charge is 0.422 e. The Morgan fingerprint density at radius 1 is 0.897 bits per heavy atom. The number of halogens is 4. The Morgan fingerprint density at radius 2 is 1.62 bits per heavy atom. The number of aromatic amines is 1. The zero-order chi connectivity index (χ0) is 27.5. The van der Waals surface area contributed by atoms with Crippen LogP contribution in [-0.4, -0.2) is 23.1 Å². The summed E-state index contributed by atoms with van der Waals surface area (Å²) in [5.74, 6) is -0.772. The van der Waals surface area contributed by atoms with E-state index in [4.69, 9.17) is 39.5 Å². The Labute approximate surface area is 246 Å². The molecule has 0 atom stereocenters. The van der Waals surface area contributed by atoms with Gasteiger partial charge in [-0.15, -0.1) is 0 Å². The van der Waals surface area contributed by atoms with Crippen LogP contribution in [-0.2, 0) is 0 Å². The minimum atomic E-state index is -0.533. The van der Waals surface area contributed by atoms with Gasteiger partial charge in [-0.2, -0.15) is 5.10 Å². The van der Waals surface area contributed by atoms with Gasteiger partial charge in [0, 0.05) is 36.6 Å². The number of hydrazone groups is 1. The number of hydrogen-bond donors (Lipinski definition) is 2. The first-order valence-electron chi connectivity index (χ1n) is 11.5. The van der Waals surface area contributed by atoms with Crippen molar-refractivity contribution in [2.75, 3.05) is 0 Å². The van der Waals surface area contributed by atoms with Crippen LogP contribution in [0.5, 0.6) is 5.75 Å². The molecule has 0 bridgehead atoms. The number of nitrogens with one attached hydrogen (secondary N) is 2. The first-order valence-corrected chi connectivity index (χ1v) is 13.4. The predicted molar refractivity (Wildman–Crippen MR) is 159 cm³/mol. The third kappa shape index (κ3) is 5.87. The summed E-state index contributed by atoms with van der Waals surface area (Å²) < 4.78 is 6.41. The van der Waals surface area contributed by atoms with Gasteiger partial charge >= 0.3 is 5.97 Å². The molecule has 4 aromatic carbocycles. The average molecular weight is 642 g/mol. The van der Waals surface area contributed by atoms with Gasteiger partial charge in [0.25, 0.3) is 5.91 Å². The highest BCUT2D eigenvalue weighted by Crippen LogP contribution is 2.40. The molecule has 194 valence electrons. The molecule has 0 radical (unpaired) electrons. The SMILES string of the molecule is O=C(Oc1ccccc1C=NNC(=O)c1[nH]c2c(Cl)cc(Cl)cc2c1-c1ccccc1Cl)c1ccc(Br)cc1. The zero-order valence-corrected chi connectivity index (χ0v) is 23.7. The van der Waals surface area contributed by atoms with E-state index < -0.39 is 11.9 Å². The number of benzene rings is 4. The lowest BCUT2D eigenvalue weighted by Gasteiger charge is -2.08. The highest BCUT2D eigenvalue weighted by Gasteiger charge is 2.22. The first kappa shape index (κ1) is 27.0. The molecular weight excluding hydrogens is 625 g/mol. The molecule has 0 aliphatic carbocycles. The van der Waals surface area contributed by atoms with Crippen LogP contribution in [0.15, 0.2) is 94.5 Å². The number of para-hydroxylation sites is 1. The number of carbonyl (C=O) groups is 2. The van der Waals surface area contributed by atoms with E-state index in [1.54, 1.807) is 78.9 Å². The van der Waals surface area contributed by atoms with E-state index in [2.05, 4.69) is 31.4 Å². The zero-order valence-electron chi connectivity index (χ0n) is 19.8. The Balaban J connectivity index is 1.43. The summed E-state index contributed by atoms with van der Waals surface area (Å²) in [7, 11) is 0. The molecule has 0 spiro atoms. The Hall–Kier alpha value is -3.62. The summed E-state index contributed by atoms with van der Waals surface area (Å²) in [5.41, 5.74) is 5.31. The normalized spacial score (nSPS) is 11.2. The molecular formula is C29H17BrCl3N3O3. The van der Waals surface area contributed by atoms with Gasteiger partial charge in [-0.3, -0.25) is 4.79 Å². The van der Waals surface area contributed by atoms with Crippen LogP contribution < -0.4 is 10.2 Å². The number of carbonyl (C=O) groups excluding carboxylic acids is 2. The molecule has 10 heteroatoms. The summed E-state index contributed by atoms with van der Waals surface area (Å²) in [4.78, 5) is 29.0. The van der Waals surface area contributed by atoms with E-state index in [0.717, 1.165) is 4.47 Å². The second kappa shape index (κ2) is 11.6. The van der Waals surface area contributed by atoms with Crippen LogP contribution >= 0.6 is 50.7 Å². The molecule has 0 unspecified atom stereocenters. The van der Waals surface area contributed by atoms with E-state index >= 15 is 0 Å². The van der Waals surface area contributed by atoms with Crippen molar-refractivity contribution in [3.05, 3.63) is 121 Å². The lowest BCUT2D eigenvalue weighted by atomic mass is 10.0. The van der Waals surface area contributed by atoms with Gasteiger partial charge in [0.05, 0.1) is 22.3 Å². The smallest absolute Gasteiger partial charge is 0.343 e. The van der Waals surface area contributed by atoms with E-state index in [1.165, 1.54) is 6.21 Å². The van der Waals surface area contributed by atoms with Crippen molar-refractivity contribution in [1.82, 2.24) is 10.4 Å². The van der Waals surface area contributed by atoms with Gasteiger partial charge in [-0.05, 0) is 54.6 Å². The number of ether oxygens (including phenoxy) is 1. The second-order valence-electron chi connectivity index (χ2n) is 8.30. The van der Waals surface area contributed by atoms with Gasteiger partial charge in [0.2, 0.25) is 0 Å². The number of esters is 1. The average Bonchev–Trinajstić information content (AvgIpc) is 3.30. The maximum Gasteiger partial charge on any atom is 0.343 e. The molecule has 0 saturated carbocycles. The van der Waals surface area contributed by atoms with Crippen molar-refractivity contribution in [2.45, 2.75) is 0 Å². The summed E-state index contributed by atoms with van der Waals surface area (Å²) in [6.07, 6.45) is 1.39. The fourth-order valence-electron chi connectivity index (χ4n) is 3.98. The lowest BCUT2D eigenvalue weighted by molar-refractivity contribution is 0.0734. The minimum Gasteiger partial charge on any atom is -0.422 e. The Kier molecular flexibility index (Phi) is 8.04. The molecule has 6 nitrogen and oxygen atoms in total. The van der Waals surface area contributed by atoms with Crippen LogP contribution in [0.2, 0.25) is 15.1 Å². The van der Waals surface area contributed by atoms with E-state index in [0.29, 0.717) is 48.2 Å². The standard InChI is InChI=1S/C29H17BrCl3N3O3/c30-18-11-9-16(10-12-18)29(38)39-24-8-4-1-5-17(24)15-34-36-28(37)27-25(20-6-2-3-7-22(20)32)21-13-19(31)14-23(33)26(21)35-27/h1-15,35H,(H,36,37). The number of aromatic nitrogens is 1. The second-order valence-corrected chi connectivity index (χ2v) is 10.5. The van der Waals surface area contributed by atoms with Gasteiger partial charge in [-0.25, -0.2) is 10.2 Å². The molecule has 1 heterocycles. The van der Waals surface area contributed by atoms with Gasteiger partial charge < -0.3 is 9.72 Å². The number of hydrogen-bond acceptors (Lipinski definition) is 4. The summed E-state index contributed by atoms with van der Waals surface area (Å²) >= 11 is 22.5. The first-order chi connectivity index (χ1) is 18.8. The highest BCUT2D eigenvalue weighted by atomic mass is 79.9. The van der Waals surface area contributed by atoms with Gasteiger partial charge in [0.15, 0.2) is 0 Å². The molecule has 1 amide bonds. The molecule has 5 rings (SSSR count). The lowest BCUT2D eigenvalue weighted by Crippen LogP contribution is -2.19. The molecule has 0 fully saturated rings. The number of fused-ring (bicyclic) bond motifs is 1. The van der Waals surface area contributed by atoms with E-state index in [1.807, 2.05) is 6.07 Å². The van der Waals surface area contributed by atoms with Crippen molar-refractivity contribution in [3.8, 4) is 16.9 Å². The van der Waals surface area contributed by atoms with Crippen molar-refractivity contribution >= 4 is 79.7 Å². The number of amides is 1. The molecule has 5 aromatic rings. The fraction of sp³-hybridized carbons (Fsp3) is 0.